The zero-order valence-electron chi connectivity index (χ0n) is 6.56. The van der Waals surface area contributed by atoms with Gasteiger partial charge in [-0.25, -0.2) is 0 Å². The molecule has 0 spiro atoms. The van der Waals surface area contributed by atoms with Gasteiger partial charge in [-0.15, -0.1) is 11.6 Å². The Hall–Kier alpha value is 0.210. The summed E-state index contributed by atoms with van der Waals surface area (Å²) in [6.07, 6.45) is 0.951. The van der Waals surface area contributed by atoms with Gasteiger partial charge in [0.15, 0.2) is 0 Å². The summed E-state index contributed by atoms with van der Waals surface area (Å²) in [5, 5.41) is 8.80. The van der Waals surface area contributed by atoms with Gasteiger partial charge in [0.1, 0.15) is 5.60 Å². The van der Waals surface area contributed by atoms with E-state index in [1.807, 2.05) is 6.92 Å². The SMILES string of the molecule is CCCOC(C)(CO)CCl. The molecule has 0 saturated heterocycles. The molecular weight excluding hydrogens is 152 g/mol. The lowest BCUT2D eigenvalue weighted by molar-refractivity contribution is -0.0504. The van der Waals surface area contributed by atoms with Gasteiger partial charge in [-0.2, -0.15) is 0 Å². The van der Waals surface area contributed by atoms with Crippen LogP contribution in [0, 0.1) is 0 Å². The molecule has 0 aliphatic rings. The molecule has 0 bridgehead atoms. The maximum atomic E-state index is 8.80. The van der Waals surface area contributed by atoms with Crippen molar-refractivity contribution in [1.29, 1.82) is 0 Å². The third-order valence-electron chi connectivity index (χ3n) is 1.27. The van der Waals surface area contributed by atoms with E-state index in [4.69, 9.17) is 21.4 Å². The summed E-state index contributed by atoms with van der Waals surface area (Å²) in [7, 11) is 0. The number of hydrogen-bond donors (Lipinski definition) is 1. The molecule has 62 valence electrons. The van der Waals surface area contributed by atoms with Crippen LogP contribution in [0.1, 0.15) is 20.3 Å². The fourth-order valence-corrected chi connectivity index (χ4v) is 0.637. The van der Waals surface area contributed by atoms with Crippen LogP contribution in [0.2, 0.25) is 0 Å². The average Bonchev–Trinajstić information content (AvgIpc) is 2.00. The lowest BCUT2D eigenvalue weighted by Gasteiger charge is -2.24. The molecule has 10 heavy (non-hydrogen) atoms. The number of aliphatic hydroxyl groups excluding tert-OH is 1. The molecule has 0 saturated carbocycles. The maximum Gasteiger partial charge on any atom is 0.102 e. The highest BCUT2D eigenvalue weighted by atomic mass is 35.5. The Morgan fingerprint density at radius 1 is 1.60 bits per heavy atom. The third-order valence-corrected chi connectivity index (χ3v) is 1.84. The average molecular weight is 167 g/mol. The Balaban J connectivity index is 3.58. The van der Waals surface area contributed by atoms with E-state index in [1.165, 1.54) is 0 Å². The molecule has 0 amide bonds. The van der Waals surface area contributed by atoms with Gasteiger partial charge < -0.3 is 9.84 Å². The maximum absolute atomic E-state index is 8.80. The van der Waals surface area contributed by atoms with E-state index < -0.39 is 5.60 Å². The van der Waals surface area contributed by atoms with Crippen LogP contribution in [-0.4, -0.2) is 29.8 Å². The van der Waals surface area contributed by atoms with Crippen molar-refractivity contribution in [2.24, 2.45) is 0 Å². The first kappa shape index (κ1) is 10.2. The molecule has 0 radical (unpaired) electrons. The van der Waals surface area contributed by atoms with E-state index in [-0.39, 0.29) is 6.61 Å². The van der Waals surface area contributed by atoms with E-state index in [0.717, 1.165) is 6.42 Å². The van der Waals surface area contributed by atoms with Gasteiger partial charge in [0.05, 0.1) is 12.5 Å². The van der Waals surface area contributed by atoms with Crippen molar-refractivity contribution in [3.05, 3.63) is 0 Å². The monoisotopic (exact) mass is 166 g/mol. The standard InChI is InChI=1S/C7H15ClO2/c1-3-4-10-7(2,5-8)6-9/h9H,3-6H2,1-2H3. The minimum atomic E-state index is -0.544. The van der Waals surface area contributed by atoms with E-state index in [1.54, 1.807) is 6.92 Å². The third kappa shape index (κ3) is 3.40. The molecule has 0 aromatic heterocycles. The number of rotatable bonds is 5. The summed E-state index contributed by atoms with van der Waals surface area (Å²) in [6, 6.07) is 0. The predicted molar refractivity (Wildman–Crippen MR) is 42.5 cm³/mol. The molecular formula is C7H15ClO2. The van der Waals surface area contributed by atoms with Crippen molar-refractivity contribution in [1.82, 2.24) is 0 Å². The molecule has 0 aromatic rings. The van der Waals surface area contributed by atoms with Gasteiger partial charge in [0.2, 0.25) is 0 Å². The summed E-state index contributed by atoms with van der Waals surface area (Å²) >= 11 is 5.56. The van der Waals surface area contributed by atoms with Gasteiger partial charge in [-0.05, 0) is 13.3 Å². The molecule has 0 aliphatic heterocycles. The normalized spacial score (nSPS) is 16.8. The molecule has 0 heterocycles. The van der Waals surface area contributed by atoms with Crippen LogP contribution in [0.15, 0.2) is 0 Å². The van der Waals surface area contributed by atoms with E-state index in [9.17, 15) is 0 Å². The zero-order valence-corrected chi connectivity index (χ0v) is 7.32. The smallest absolute Gasteiger partial charge is 0.102 e. The quantitative estimate of drug-likeness (QED) is 0.626. The molecule has 1 unspecified atom stereocenters. The molecule has 3 heteroatoms. The van der Waals surface area contributed by atoms with Crippen LogP contribution in [0.25, 0.3) is 0 Å². The number of aliphatic hydroxyl groups is 1. The van der Waals surface area contributed by atoms with Crippen LogP contribution in [0.3, 0.4) is 0 Å². The van der Waals surface area contributed by atoms with Crippen molar-refractivity contribution < 1.29 is 9.84 Å². The highest BCUT2D eigenvalue weighted by Crippen LogP contribution is 2.11. The summed E-state index contributed by atoms with van der Waals surface area (Å²) in [6.45, 7) is 4.46. The lowest BCUT2D eigenvalue weighted by Crippen LogP contribution is -2.35. The second kappa shape index (κ2) is 4.94. The zero-order chi connectivity index (χ0) is 8.04. The molecule has 0 aromatic carbocycles. The summed E-state index contributed by atoms with van der Waals surface area (Å²) in [4.78, 5) is 0. The molecule has 1 N–H and O–H groups in total. The van der Waals surface area contributed by atoms with Gasteiger partial charge in [0, 0.05) is 6.61 Å². The van der Waals surface area contributed by atoms with Crippen molar-refractivity contribution >= 4 is 11.6 Å². The van der Waals surface area contributed by atoms with Gasteiger partial charge in [0.25, 0.3) is 0 Å². The van der Waals surface area contributed by atoms with Crippen LogP contribution < -0.4 is 0 Å². The van der Waals surface area contributed by atoms with Crippen molar-refractivity contribution in [3.63, 3.8) is 0 Å². The second-order valence-electron chi connectivity index (χ2n) is 2.59. The fraction of sp³-hybridized carbons (Fsp3) is 1.00. The molecule has 0 rings (SSSR count). The van der Waals surface area contributed by atoms with E-state index >= 15 is 0 Å². The Morgan fingerprint density at radius 3 is 2.50 bits per heavy atom. The highest BCUT2D eigenvalue weighted by molar-refractivity contribution is 6.18. The van der Waals surface area contributed by atoms with E-state index in [0.29, 0.717) is 12.5 Å². The first-order chi connectivity index (χ1) is 4.68. The number of ether oxygens (including phenoxy) is 1. The number of alkyl halides is 1. The van der Waals surface area contributed by atoms with Gasteiger partial charge in [-0.1, -0.05) is 6.92 Å². The molecule has 1 atom stereocenters. The Kier molecular flexibility index (Phi) is 5.04. The van der Waals surface area contributed by atoms with Gasteiger partial charge >= 0.3 is 0 Å². The van der Waals surface area contributed by atoms with E-state index in [2.05, 4.69) is 0 Å². The number of halogens is 1. The number of hydrogen-bond acceptors (Lipinski definition) is 2. The molecule has 0 aliphatic carbocycles. The summed E-state index contributed by atoms with van der Waals surface area (Å²) < 4.78 is 5.30. The minimum absolute atomic E-state index is 0.0174. The second-order valence-corrected chi connectivity index (χ2v) is 2.86. The van der Waals surface area contributed by atoms with Crippen LogP contribution in [0.4, 0.5) is 0 Å². The molecule has 2 nitrogen and oxygen atoms in total. The topological polar surface area (TPSA) is 29.5 Å². The Labute approximate surface area is 67.1 Å². The van der Waals surface area contributed by atoms with Crippen molar-refractivity contribution in [2.45, 2.75) is 25.9 Å². The van der Waals surface area contributed by atoms with Crippen LogP contribution >= 0.6 is 11.6 Å². The largest absolute Gasteiger partial charge is 0.393 e. The Bertz CT molecular complexity index is 81.7. The first-order valence-electron chi connectivity index (χ1n) is 3.49. The van der Waals surface area contributed by atoms with Crippen molar-refractivity contribution in [2.75, 3.05) is 19.1 Å². The first-order valence-corrected chi connectivity index (χ1v) is 4.03. The fourth-order valence-electron chi connectivity index (χ4n) is 0.475. The molecule has 0 fully saturated rings. The van der Waals surface area contributed by atoms with Gasteiger partial charge in [-0.3, -0.25) is 0 Å². The summed E-state index contributed by atoms with van der Waals surface area (Å²) in [5.41, 5.74) is -0.544. The lowest BCUT2D eigenvalue weighted by atomic mass is 10.1. The summed E-state index contributed by atoms with van der Waals surface area (Å²) in [5.74, 6) is 0.337. The van der Waals surface area contributed by atoms with Crippen LogP contribution in [-0.2, 0) is 4.74 Å². The Morgan fingerprint density at radius 2 is 2.20 bits per heavy atom. The van der Waals surface area contributed by atoms with Crippen LogP contribution in [0.5, 0.6) is 0 Å². The minimum Gasteiger partial charge on any atom is -0.393 e. The van der Waals surface area contributed by atoms with Crippen molar-refractivity contribution in [3.8, 4) is 0 Å². The highest BCUT2D eigenvalue weighted by Gasteiger charge is 2.21. The predicted octanol–water partition coefficient (Wildman–Crippen LogP) is 1.40.